The highest BCUT2D eigenvalue weighted by Gasteiger charge is 2.25. The highest BCUT2D eigenvalue weighted by Crippen LogP contribution is 2.24. The monoisotopic (exact) mass is 503 g/mol. The molecule has 0 aliphatic carbocycles. The van der Waals surface area contributed by atoms with Crippen molar-refractivity contribution in [3.05, 3.63) is 71.4 Å². The fraction of sp³-hybridized carbons (Fsp3) is 0.500. The molecule has 0 unspecified atom stereocenters. The van der Waals surface area contributed by atoms with E-state index in [0.717, 1.165) is 23.9 Å². The normalized spacial score (nSPS) is 12.1. The molecular weight excluding hydrogens is 458 g/mol. The van der Waals surface area contributed by atoms with Gasteiger partial charge < -0.3 is 14.8 Å². The highest BCUT2D eigenvalue weighted by molar-refractivity contribution is 5.85. The highest BCUT2D eigenvalue weighted by atomic mass is 16.2. The van der Waals surface area contributed by atoms with Crippen molar-refractivity contribution in [3.8, 4) is 0 Å². The number of H-pyrrole nitrogens is 1. The van der Waals surface area contributed by atoms with E-state index in [4.69, 9.17) is 0 Å². The molecule has 37 heavy (non-hydrogen) atoms. The molecular formula is C32H45N3O2. The summed E-state index contributed by atoms with van der Waals surface area (Å²) in [4.78, 5) is 33.7. The summed E-state index contributed by atoms with van der Waals surface area (Å²) in [6.07, 6.45) is 4.05. The molecule has 0 saturated heterocycles. The molecule has 1 heterocycles. The van der Waals surface area contributed by atoms with E-state index in [1.165, 1.54) is 16.5 Å². The molecule has 5 nitrogen and oxygen atoms in total. The molecule has 0 saturated carbocycles. The van der Waals surface area contributed by atoms with Gasteiger partial charge in [-0.1, -0.05) is 90.9 Å². The summed E-state index contributed by atoms with van der Waals surface area (Å²) in [5, 5.41) is 1.19. The van der Waals surface area contributed by atoms with Crippen molar-refractivity contribution in [1.82, 2.24) is 14.8 Å². The molecule has 2 aromatic carbocycles. The van der Waals surface area contributed by atoms with E-state index in [0.29, 0.717) is 26.1 Å². The fourth-order valence-corrected chi connectivity index (χ4v) is 4.61. The Bertz CT molecular complexity index is 1180. The number of para-hydroxylation sites is 1. The summed E-state index contributed by atoms with van der Waals surface area (Å²) in [5.41, 5.74) is 4.65. The van der Waals surface area contributed by atoms with Crippen LogP contribution >= 0.6 is 0 Å². The molecule has 0 spiro atoms. The minimum atomic E-state index is -0.115. The number of nitrogens with one attached hydrogen (secondary N) is 1. The quantitative estimate of drug-likeness (QED) is 0.334. The maximum absolute atomic E-state index is 13.7. The van der Waals surface area contributed by atoms with Gasteiger partial charge in [0.05, 0.1) is 6.54 Å². The fourth-order valence-electron chi connectivity index (χ4n) is 4.61. The Balaban J connectivity index is 1.80. The van der Waals surface area contributed by atoms with Crippen molar-refractivity contribution in [1.29, 1.82) is 0 Å². The number of aromatic amines is 1. The number of amides is 2. The molecule has 5 heteroatoms. The first-order valence-corrected chi connectivity index (χ1v) is 13.6. The molecule has 2 amide bonds. The van der Waals surface area contributed by atoms with Gasteiger partial charge in [0.15, 0.2) is 0 Å². The van der Waals surface area contributed by atoms with Gasteiger partial charge in [0.1, 0.15) is 0 Å². The van der Waals surface area contributed by atoms with Crippen LogP contribution in [-0.2, 0) is 28.0 Å². The van der Waals surface area contributed by atoms with Crippen LogP contribution in [0.2, 0.25) is 0 Å². The van der Waals surface area contributed by atoms with Crippen LogP contribution in [0.15, 0.2) is 54.7 Å². The Labute approximate surface area is 223 Å². The van der Waals surface area contributed by atoms with Crippen molar-refractivity contribution < 1.29 is 9.59 Å². The van der Waals surface area contributed by atoms with Crippen LogP contribution in [0.1, 0.15) is 78.0 Å². The molecule has 0 atom stereocenters. The van der Waals surface area contributed by atoms with Crippen LogP contribution < -0.4 is 0 Å². The van der Waals surface area contributed by atoms with Crippen molar-refractivity contribution >= 4 is 22.7 Å². The average molecular weight is 504 g/mol. The Morgan fingerprint density at radius 1 is 0.838 bits per heavy atom. The van der Waals surface area contributed by atoms with E-state index < -0.39 is 0 Å². The van der Waals surface area contributed by atoms with E-state index in [2.05, 4.69) is 82.9 Å². The summed E-state index contributed by atoms with van der Waals surface area (Å²) in [7, 11) is 0. The summed E-state index contributed by atoms with van der Waals surface area (Å²) in [6.45, 7) is 16.7. The molecule has 0 aliphatic rings. The van der Waals surface area contributed by atoms with Crippen LogP contribution in [0.25, 0.3) is 10.9 Å². The van der Waals surface area contributed by atoms with Gasteiger partial charge in [-0.15, -0.1) is 0 Å². The third-order valence-corrected chi connectivity index (χ3v) is 6.73. The van der Waals surface area contributed by atoms with Crippen LogP contribution in [-0.4, -0.2) is 46.2 Å². The van der Waals surface area contributed by atoms with Gasteiger partial charge in [0, 0.05) is 43.2 Å². The predicted molar refractivity (Wildman–Crippen MR) is 154 cm³/mol. The first kappa shape index (κ1) is 28.5. The Morgan fingerprint density at radius 2 is 1.51 bits per heavy atom. The zero-order valence-corrected chi connectivity index (χ0v) is 23.9. The van der Waals surface area contributed by atoms with Gasteiger partial charge in [-0.3, -0.25) is 9.59 Å². The van der Waals surface area contributed by atoms with Gasteiger partial charge in [-0.2, -0.15) is 0 Å². The van der Waals surface area contributed by atoms with E-state index in [1.54, 1.807) is 4.90 Å². The third-order valence-electron chi connectivity index (χ3n) is 6.73. The Hall–Kier alpha value is -3.08. The smallest absolute Gasteiger partial charge is 0.242 e. The van der Waals surface area contributed by atoms with Gasteiger partial charge >= 0.3 is 0 Å². The van der Waals surface area contributed by atoms with E-state index in [-0.39, 0.29) is 29.2 Å². The number of carbonyl (C=O) groups is 2. The minimum absolute atomic E-state index is 0.00421. The summed E-state index contributed by atoms with van der Waals surface area (Å²) in [6, 6.07) is 16.8. The first-order chi connectivity index (χ1) is 17.4. The van der Waals surface area contributed by atoms with Gasteiger partial charge in [-0.05, 0) is 46.4 Å². The Morgan fingerprint density at radius 3 is 2.14 bits per heavy atom. The van der Waals surface area contributed by atoms with Crippen molar-refractivity contribution in [2.24, 2.45) is 5.41 Å². The molecule has 0 bridgehead atoms. The van der Waals surface area contributed by atoms with Crippen molar-refractivity contribution in [3.63, 3.8) is 0 Å². The lowest BCUT2D eigenvalue weighted by atomic mass is 9.87. The molecule has 0 fully saturated rings. The largest absolute Gasteiger partial charge is 0.361 e. The molecule has 200 valence electrons. The van der Waals surface area contributed by atoms with Crippen LogP contribution in [0.3, 0.4) is 0 Å². The van der Waals surface area contributed by atoms with Gasteiger partial charge in [-0.25, -0.2) is 0 Å². The van der Waals surface area contributed by atoms with Crippen LogP contribution in [0, 0.1) is 5.41 Å². The average Bonchev–Trinajstić information content (AvgIpc) is 3.23. The molecule has 0 radical (unpaired) electrons. The summed E-state index contributed by atoms with van der Waals surface area (Å²) >= 11 is 0. The van der Waals surface area contributed by atoms with E-state index in [1.807, 2.05) is 30.2 Å². The van der Waals surface area contributed by atoms with Gasteiger partial charge in [0.25, 0.3) is 0 Å². The lowest BCUT2D eigenvalue weighted by molar-refractivity contribution is -0.142. The molecule has 1 N–H and O–H groups in total. The number of hydrogen-bond donors (Lipinski definition) is 1. The molecule has 3 rings (SSSR count). The van der Waals surface area contributed by atoms with E-state index >= 15 is 0 Å². The SMILES string of the molecule is CCCN(CC(=O)N(CCc1c[nH]c2ccccc12)Cc1ccc(C(C)(C)C)cc1)C(=O)CC(C)(C)C. The Kier molecular flexibility index (Phi) is 9.22. The second kappa shape index (κ2) is 12.0. The van der Waals surface area contributed by atoms with Crippen LogP contribution in [0.5, 0.6) is 0 Å². The second-order valence-electron chi connectivity index (χ2n) is 12.4. The second-order valence-corrected chi connectivity index (χ2v) is 12.4. The number of benzene rings is 2. The van der Waals surface area contributed by atoms with E-state index in [9.17, 15) is 9.59 Å². The molecule has 1 aromatic heterocycles. The van der Waals surface area contributed by atoms with Gasteiger partial charge in [0.2, 0.25) is 11.8 Å². The lowest BCUT2D eigenvalue weighted by Crippen LogP contribution is -2.44. The zero-order valence-electron chi connectivity index (χ0n) is 23.9. The maximum Gasteiger partial charge on any atom is 0.242 e. The number of aromatic nitrogens is 1. The van der Waals surface area contributed by atoms with Crippen molar-refractivity contribution in [2.45, 2.75) is 79.7 Å². The van der Waals surface area contributed by atoms with Crippen molar-refractivity contribution in [2.75, 3.05) is 19.6 Å². The number of nitrogens with zero attached hydrogens (tertiary/aromatic N) is 2. The van der Waals surface area contributed by atoms with Crippen LogP contribution in [0.4, 0.5) is 0 Å². The summed E-state index contributed by atoms with van der Waals surface area (Å²) < 4.78 is 0. The number of carbonyl (C=O) groups excluding carboxylic acids is 2. The first-order valence-electron chi connectivity index (χ1n) is 13.6. The topological polar surface area (TPSA) is 56.4 Å². The predicted octanol–water partition coefficient (Wildman–Crippen LogP) is 6.71. The molecule has 0 aliphatic heterocycles. The number of rotatable bonds is 10. The molecule has 3 aromatic rings. The standard InChI is InChI=1S/C32H45N3O2/c1-8-18-34(29(36)20-31(2,3)4)23-30(37)35(22-24-13-15-26(16-14-24)32(5,6)7)19-17-25-21-33-28-12-10-9-11-27(25)28/h9-16,21,33H,8,17-20,22-23H2,1-7H3. The lowest BCUT2D eigenvalue weighted by Gasteiger charge is -2.30. The number of fused-ring (bicyclic) bond motifs is 1. The summed E-state index contributed by atoms with van der Waals surface area (Å²) in [5.74, 6) is 0.0456. The third kappa shape index (κ3) is 8.21. The maximum atomic E-state index is 13.7. The number of hydrogen-bond acceptors (Lipinski definition) is 2. The minimum Gasteiger partial charge on any atom is -0.361 e. The zero-order chi connectivity index (χ0) is 27.2.